The van der Waals surface area contributed by atoms with Crippen LogP contribution in [0.15, 0.2) is 36.4 Å². The average molecular weight is 240 g/mol. The maximum absolute atomic E-state index is 2.47. The maximum Gasteiger partial charge on any atom is -0.0155 e. The molecule has 0 heterocycles. The van der Waals surface area contributed by atoms with Gasteiger partial charge in [-0.15, -0.1) is 0 Å². The van der Waals surface area contributed by atoms with Crippen molar-refractivity contribution in [3.63, 3.8) is 0 Å². The van der Waals surface area contributed by atoms with E-state index in [1.807, 2.05) is 13.8 Å². The van der Waals surface area contributed by atoms with E-state index in [0.717, 1.165) is 18.3 Å². The highest BCUT2D eigenvalue weighted by molar-refractivity contribution is 5.78. The topological polar surface area (TPSA) is 0 Å². The molecule has 2 atom stereocenters. The molecule has 1 aromatic carbocycles. The van der Waals surface area contributed by atoms with Crippen LogP contribution >= 0.6 is 0 Å². The molecule has 1 aromatic rings. The Bertz CT molecular complexity index is 477. The van der Waals surface area contributed by atoms with Crippen LogP contribution in [0, 0.1) is 18.8 Å². The van der Waals surface area contributed by atoms with E-state index in [2.05, 4.69) is 50.3 Å². The van der Waals surface area contributed by atoms with E-state index < -0.39 is 0 Å². The molecule has 0 nitrogen and oxygen atoms in total. The van der Waals surface area contributed by atoms with E-state index in [1.54, 1.807) is 0 Å². The summed E-state index contributed by atoms with van der Waals surface area (Å²) in [7, 11) is 0. The van der Waals surface area contributed by atoms with Crippen molar-refractivity contribution in [3.05, 3.63) is 53.1 Å². The molecule has 3 rings (SSSR count). The second-order valence-electron chi connectivity index (χ2n) is 5.06. The van der Waals surface area contributed by atoms with Crippen LogP contribution in [-0.4, -0.2) is 0 Å². The van der Waals surface area contributed by atoms with Crippen molar-refractivity contribution in [1.82, 2.24) is 0 Å². The number of aryl methyl sites for hydroxylation is 2. The van der Waals surface area contributed by atoms with Gasteiger partial charge in [0.25, 0.3) is 0 Å². The van der Waals surface area contributed by atoms with Crippen LogP contribution in [0.5, 0.6) is 0 Å². The van der Waals surface area contributed by atoms with Crippen LogP contribution in [0.2, 0.25) is 0 Å². The van der Waals surface area contributed by atoms with E-state index in [1.165, 1.54) is 28.7 Å². The fraction of sp³-hybridized carbons (Fsp3) is 0.444. The first-order valence-electron chi connectivity index (χ1n) is 7.28. The standard InChI is InChI=1S/C16H18.C2H6/c1-3-12-8-11(2)4-7-16(12)14-6-5-13-9-15(13)10-14;1-2/h4-8,10,13,15H,3,9H2,1-2H3;1-2H3. The van der Waals surface area contributed by atoms with Gasteiger partial charge in [0.15, 0.2) is 0 Å². The van der Waals surface area contributed by atoms with Crippen molar-refractivity contribution in [2.75, 3.05) is 0 Å². The van der Waals surface area contributed by atoms with Gasteiger partial charge in [-0.05, 0) is 48.3 Å². The highest BCUT2D eigenvalue weighted by Crippen LogP contribution is 2.46. The summed E-state index contributed by atoms with van der Waals surface area (Å²) in [6.45, 7) is 8.41. The first-order chi connectivity index (χ1) is 8.78. The lowest BCUT2D eigenvalue weighted by Gasteiger charge is -2.12. The molecule has 2 aliphatic rings. The summed E-state index contributed by atoms with van der Waals surface area (Å²) in [5.74, 6) is 1.70. The Morgan fingerprint density at radius 1 is 1.17 bits per heavy atom. The van der Waals surface area contributed by atoms with E-state index >= 15 is 0 Å². The lowest BCUT2D eigenvalue weighted by Crippen LogP contribution is -1.94. The van der Waals surface area contributed by atoms with Gasteiger partial charge >= 0.3 is 0 Å². The van der Waals surface area contributed by atoms with Gasteiger partial charge in [0.1, 0.15) is 0 Å². The lowest BCUT2D eigenvalue weighted by atomic mass is 9.93. The average Bonchev–Trinajstić information content (AvgIpc) is 3.19. The Morgan fingerprint density at radius 3 is 2.61 bits per heavy atom. The van der Waals surface area contributed by atoms with Crippen molar-refractivity contribution in [3.8, 4) is 0 Å². The van der Waals surface area contributed by atoms with Crippen molar-refractivity contribution in [1.29, 1.82) is 0 Å². The number of benzene rings is 1. The maximum atomic E-state index is 2.47. The van der Waals surface area contributed by atoms with Crippen LogP contribution in [0.25, 0.3) is 5.57 Å². The van der Waals surface area contributed by atoms with Gasteiger partial charge < -0.3 is 0 Å². The fourth-order valence-corrected chi connectivity index (χ4v) is 2.64. The minimum atomic E-state index is 0.839. The van der Waals surface area contributed by atoms with Crippen molar-refractivity contribution < 1.29 is 0 Å². The molecule has 0 spiro atoms. The summed E-state index contributed by atoms with van der Waals surface area (Å²) < 4.78 is 0. The summed E-state index contributed by atoms with van der Waals surface area (Å²) in [4.78, 5) is 0. The van der Waals surface area contributed by atoms with Crippen LogP contribution in [0.4, 0.5) is 0 Å². The zero-order chi connectivity index (χ0) is 13.1. The quantitative estimate of drug-likeness (QED) is 0.668. The molecule has 0 aliphatic heterocycles. The summed E-state index contributed by atoms with van der Waals surface area (Å²) in [5, 5.41) is 0. The number of allylic oxidation sites excluding steroid dienone is 4. The summed E-state index contributed by atoms with van der Waals surface area (Å²) >= 11 is 0. The number of hydrogen-bond acceptors (Lipinski definition) is 0. The normalized spacial score (nSPS) is 23.7. The zero-order valence-corrected chi connectivity index (χ0v) is 12.0. The smallest absolute Gasteiger partial charge is 0.0155 e. The molecule has 2 aliphatic carbocycles. The lowest BCUT2D eigenvalue weighted by molar-refractivity contribution is 0.983. The second-order valence-corrected chi connectivity index (χ2v) is 5.06. The summed E-state index contributed by atoms with van der Waals surface area (Å²) in [5.41, 5.74) is 5.73. The van der Waals surface area contributed by atoms with Gasteiger partial charge in [-0.25, -0.2) is 0 Å². The van der Waals surface area contributed by atoms with Crippen molar-refractivity contribution in [2.45, 2.75) is 40.5 Å². The molecule has 0 N–H and O–H groups in total. The highest BCUT2D eigenvalue weighted by Gasteiger charge is 2.35. The van der Waals surface area contributed by atoms with Crippen molar-refractivity contribution in [2.24, 2.45) is 11.8 Å². The number of rotatable bonds is 2. The predicted molar refractivity (Wildman–Crippen MR) is 80.6 cm³/mol. The summed E-state index contributed by atoms with van der Waals surface area (Å²) in [6, 6.07) is 6.83. The molecular weight excluding hydrogens is 216 g/mol. The number of hydrogen-bond donors (Lipinski definition) is 0. The van der Waals surface area contributed by atoms with Gasteiger partial charge in [0.05, 0.1) is 0 Å². The molecule has 0 radical (unpaired) electrons. The molecular formula is C18H24. The second kappa shape index (κ2) is 5.56. The number of fused-ring (bicyclic) bond motifs is 1. The first-order valence-corrected chi connectivity index (χ1v) is 7.28. The van der Waals surface area contributed by atoms with Gasteiger partial charge in [0.2, 0.25) is 0 Å². The first kappa shape index (κ1) is 13.1. The molecule has 0 saturated heterocycles. The predicted octanol–water partition coefficient (Wildman–Crippen LogP) is 5.17. The van der Waals surface area contributed by atoms with Crippen LogP contribution in [-0.2, 0) is 6.42 Å². The summed E-state index contributed by atoms with van der Waals surface area (Å²) in [6.07, 6.45) is 9.66. The minimum absolute atomic E-state index is 0.839. The van der Waals surface area contributed by atoms with Crippen LogP contribution in [0.1, 0.15) is 43.9 Å². The molecule has 1 saturated carbocycles. The molecule has 96 valence electrons. The Kier molecular flexibility index (Phi) is 4.06. The van der Waals surface area contributed by atoms with Crippen LogP contribution in [0.3, 0.4) is 0 Å². The zero-order valence-electron chi connectivity index (χ0n) is 12.0. The fourth-order valence-electron chi connectivity index (χ4n) is 2.64. The minimum Gasteiger partial charge on any atom is -0.0802 e. The van der Waals surface area contributed by atoms with Gasteiger partial charge in [0, 0.05) is 0 Å². The van der Waals surface area contributed by atoms with E-state index in [0.29, 0.717) is 0 Å². The van der Waals surface area contributed by atoms with Crippen LogP contribution < -0.4 is 0 Å². The molecule has 1 fully saturated rings. The van der Waals surface area contributed by atoms with Gasteiger partial charge in [-0.3, -0.25) is 0 Å². The molecule has 18 heavy (non-hydrogen) atoms. The molecule has 0 amide bonds. The Morgan fingerprint density at radius 2 is 1.94 bits per heavy atom. The highest BCUT2D eigenvalue weighted by atomic mass is 14.4. The SMILES string of the molecule is CC.CCc1cc(C)ccc1C1=CC2CC2C=C1. The Labute approximate surface area is 111 Å². The Balaban J connectivity index is 0.000000574. The largest absolute Gasteiger partial charge is 0.0802 e. The third kappa shape index (κ3) is 2.58. The third-order valence-corrected chi connectivity index (χ3v) is 3.76. The van der Waals surface area contributed by atoms with Gasteiger partial charge in [-0.1, -0.05) is 62.8 Å². The monoisotopic (exact) mass is 240 g/mol. The van der Waals surface area contributed by atoms with E-state index in [4.69, 9.17) is 0 Å². The van der Waals surface area contributed by atoms with Gasteiger partial charge in [-0.2, -0.15) is 0 Å². The van der Waals surface area contributed by atoms with E-state index in [9.17, 15) is 0 Å². The molecule has 2 unspecified atom stereocenters. The molecule has 0 aromatic heterocycles. The Hall–Kier alpha value is -1.30. The molecule has 0 heteroatoms. The van der Waals surface area contributed by atoms with E-state index in [-0.39, 0.29) is 0 Å². The van der Waals surface area contributed by atoms with Crippen molar-refractivity contribution >= 4 is 5.57 Å². The third-order valence-electron chi connectivity index (χ3n) is 3.76. The molecule has 0 bridgehead atoms.